The topological polar surface area (TPSA) is 61.1 Å². The number of anilines is 1. The van der Waals surface area contributed by atoms with Gasteiger partial charge in [-0.15, -0.1) is 0 Å². The molecule has 6 heteroatoms. The van der Waals surface area contributed by atoms with Crippen LogP contribution in [-0.2, 0) is 7.05 Å². The van der Waals surface area contributed by atoms with E-state index in [2.05, 4.69) is 10.4 Å². The molecular formula is C18H20N4O2. The zero-order valence-electron chi connectivity index (χ0n) is 14.2. The van der Waals surface area contributed by atoms with Crippen molar-refractivity contribution in [1.82, 2.24) is 14.3 Å². The first-order chi connectivity index (χ1) is 11.5. The molecule has 0 aliphatic carbocycles. The molecule has 3 rings (SSSR count). The zero-order valence-corrected chi connectivity index (χ0v) is 14.2. The molecule has 1 amide bonds. The molecule has 24 heavy (non-hydrogen) atoms. The van der Waals surface area contributed by atoms with E-state index in [4.69, 9.17) is 4.74 Å². The van der Waals surface area contributed by atoms with Crippen molar-refractivity contribution in [3.05, 3.63) is 59.7 Å². The lowest BCUT2D eigenvalue weighted by molar-refractivity contribution is 0.102. The molecule has 0 saturated heterocycles. The van der Waals surface area contributed by atoms with Crippen LogP contribution in [0.5, 0.6) is 5.75 Å². The number of amides is 1. The van der Waals surface area contributed by atoms with Gasteiger partial charge in [-0.25, -0.2) is 0 Å². The smallest absolute Gasteiger partial charge is 0.257 e. The third-order valence-electron chi connectivity index (χ3n) is 3.95. The van der Waals surface area contributed by atoms with E-state index < -0.39 is 0 Å². The Balaban J connectivity index is 1.95. The average molecular weight is 324 g/mol. The van der Waals surface area contributed by atoms with Crippen LogP contribution >= 0.6 is 0 Å². The molecule has 124 valence electrons. The number of aromatic nitrogens is 3. The van der Waals surface area contributed by atoms with Crippen molar-refractivity contribution < 1.29 is 9.53 Å². The fourth-order valence-electron chi connectivity index (χ4n) is 2.82. The van der Waals surface area contributed by atoms with E-state index in [1.54, 1.807) is 24.2 Å². The standard InChI is InChI=1S/C18H20N4O2/c1-12-8-17(18(23)20-14-10-19-21(3)11-14)13(2)22(12)15-6-5-7-16(9-15)24-4/h5-11H,1-4H3,(H,20,23). The van der Waals surface area contributed by atoms with Gasteiger partial charge in [0, 0.05) is 36.4 Å². The second kappa shape index (κ2) is 6.23. The van der Waals surface area contributed by atoms with Crippen LogP contribution in [0, 0.1) is 13.8 Å². The number of hydrogen-bond donors (Lipinski definition) is 1. The highest BCUT2D eigenvalue weighted by molar-refractivity contribution is 6.05. The van der Waals surface area contributed by atoms with E-state index in [0.717, 1.165) is 22.8 Å². The largest absolute Gasteiger partial charge is 0.497 e. The third kappa shape index (κ3) is 2.90. The van der Waals surface area contributed by atoms with Gasteiger partial charge in [-0.2, -0.15) is 5.10 Å². The number of methoxy groups -OCH3 is 1. The first-order valence-corrected chi connectivity index (χ1v) is 7.63. The highest BCUT2D eigenvalue weighted by Gasteiger charge is 2.17. The van der Waals surface area contributed by atoms with Gasteiger partial charge in [-0.3, -0.25) is 9.48 Å². The van der Waals surface area contributed by atoms with Gasteiger partial charge >= 0.3 is 0 Å². The Morgan fingerprint density at radius 3 is 2.71 bits per heavy atom. The molecule has 1 N–H and O–H groups in total. The molecule has 0 unspecified atom stereocenters. The van der Waals surface area contributed by atoms with Crippen molar-refractivity contribution in [2.75, 3.05) is 12.4 Å². The minimum absolute atomic E-state index is 0.148. The summed E-state index contributed by atoms with van der Waals surface area (Å²) in [6.07, 6.45) is 3.39. The lowest BCUT2D eigenvalue weighted by atomic mass is 10.2. The monoisotopic (exact) mass is 324 g/mol. The molecule has 2 heterocycles. The van der Waals surface area contributed by atoms with E-state index in [-0.39, 0.29) is 5.91 Å². The lowest BCUT2D eigenvalue weighted by Gasteiger charge is -2.11. The molecule has 2 aromatic heterocycles. The normalized spacial score (nSPS) is 10.7. The number of benzene rings is 1. The van der Waals surface area contributed by atoms with E-state index in [9.17, 15) is 4.79 Å². The van der Waals surface area contributed by atoms with Crippen LogP contribution in [0.25, 0.3) is 5.69 Å². The summed E-state index contributed by atoms with van der Waals surface area (Å²) in [4.78, 5) is 12.6. The average Bonchev–Trinajstić information content (AvgIpc) is 3.10. The van der Waals surface area contributed by atoms with Crippen molar-refractivity contribution in [2.45, 2.75) is 13.8 Å². The van der Waals surface area contributed by atoms with Gasteiger partial charge in [-0.05, 0) is 32.0 Å². The Hall–Kier alpha value is -3.02. The summed E-state index contributed by atoms with van der Waals surface area (Å²) in [5.74, 6) is 0.631. The quantitative estimate of drug-likeness (QED) is 0.802. The van der Waals surface area contributed by atoms with Crippen molar-refractivity contribution in [3.8, 4) is 11.4 Å². The first kappa shape index (κ1) is 15.9. The Kier molecular flexibility index (Phi) is 4.12. The Morgan fingerprint density at radius 1 is 1.25 bits per heavy atom. The molecule has 0 fully saturated rings. The van der Waals surface area contributed by atoms with Crippen LogP contribution in [-0.4, -0.2) is 27.4 Å². The van der Waals surface area contributed by atoms with Gasteiger partial charge in [0.05, 0.1) is 24.6 Å². The van der Waals surface area contributed by atoms with E-state index in [0.29, 0.717) is 11.3 Å². The summed E-state index contributed by atoms with van der Waals surface area (Å²) >= 11 is 0. The Bertz CT molecular complexity index is 892. The maximum Gasteiger partial charge on any atom is 0.257 e. The minimum Gasteiger partial charge on any atom is -0.497 e. The summed E-state index contributed by atoms with van der Waals surface area (Å²) in [5.41, 5.74) is 4.14. The Morgan fingerprint density at radius 2 is 2.04 bits per heavy atom. The van der Waals surface area contributed by atoms with Gasteiger partial charge < -0.3 is 14.6 Å². The number of aryl methyl sites for hydroxylation is 2. The number of ether oxygens (including phenoxy) is 1. The fraction of sp³-hybridized carbons (Fsp3) is 0.222. The highest BCUT2D eigenvalue weighted by Crippen LogP contribution is 2.24. The van der Waals surface area contributed by atoms with E-state index >= 15 is 0 Å². The molecule has 0 radical (unpaired) electrons. The van der Waals surface area contributed by atoms with Gasteiger partial charge in [0.15, 0.2) is 0 Å². The number of rotatable bonds is 4. The molecule has 0 aliphatic rings. The number of carbonyl (C=O) groups is 1. The van der Waals surface area contributed by atoms with Crippen LogP contribution in [0.2, 0.25) is 0 Å². The second-order valence-electron chi connectivity index (χ2n) is 5.68. The highest BCUT2D eigenvalue weighted by atomic mass is 16.5. The predicted molar refractivity (Wildman–Crippen MR) is 93.0 cm³/mol. The summed E-state index contributed by atoms with van der Waals surface area (Å²) in [6, 6.07) is 9.66. The summed E-state index contributed by atoms with van der Waals surface area (Å²) in [6.45, 7) is 3.91. The zero-order chi connectivity index (χ0) is 17.3. The molecule has 0 atom stereocenters. The van der Waals surface area contributed by atoms with Gasteiger partial charge in [0.25, 0.3) is 5.91 Å². The SMILES string of the molecule is COc1cccc(-n2c(C)cc(C(=O)Nc3cnn(C)c3)c2C)c1. The van der Waals surface area contributed by atoms with Gasteiger partial charge in [0.2, 0.25) is 0 Å². The number of hydrogen-bond acceptors (Lipinski definition) is 3. The number of nitrogens with zero attached hydrogens (tertiary/aromatic N) is 3. The summed E-state index contributed by atoms with van der Waals surface area (Å²) in [5, 5.41) is 6.93. The van der Waals surface area contributed by atoms with Gasteiger partial charge in [-0.1, -0.05) is 6.07 Å². The fourth-order valence-corrected chi connectivity index (χ4v) is 2.82. The summed E-state index contributed by atoms with van der Waals surface area (Å²) < 4.78 is 8.98. The number of carbonyl (C=O) groups excluding carboxylic acids is 1. The maximum atomic E-state index is 12.6. The van der Waals surface area contributed by atoms with Crippen molar-refractivity contribution in [3.63, 3.8) is 0 Å². The first-order valence-electron chi connectivity index (χ1n) is 7.63. The molecule has 1 aromatic carbocycles. The van der Waals surface area contributed by atoms with Crippen LogP contribution in [0.4, 0.5) is 5.69 Å². The molecule has 3 aromatic rings. The summed E-state index contributed by atoms with van der Waals surface area (Å²) in [7, 11) is 3.45. The molecule has 0 spiro atoms. The number of nitrogens with one attached hydrogen (secondary N) is 1. The van der Waals surface area contributed by atoms with Crippen LogP contribution in [0.1, 0.15) is 21.7 Å². The van der Waals surface area contributed by atoms with Crippen molar-refractivity contribution in [2.24, 2.45) is 7.05 Å². The lowest BCUT2D eigenvalue weighted by Crippen LogP contribution is -2.12. The van der Waals surface area contributed by atoms with Crippen molar-refractivity contribution in [1.29, 1.82) is 0 Å². The predicted octanol–water partition coefficient (Wildman–Crippen LogP) is 3.09. The van der Waals surface area contributed by atoms with Crippen LogP contribution in [0.15, 0.2) is 42.7 Å². The molecule has 0 aliphatic heterocycles. The van der Waals surface area contributed by atoms with Crippen LogP contribution < -0.4 is 10.1 Å². The van der Waals surface area contributed by atoms with Gasteiger partial charge in [0.1, 0.15) is 5.75 Å². The van der Waals surface area contributed by atoms with E-state index in [1.807, 2.05) is 55.8 Å². The molecule has 0 saturated carbocycles. The molecular weight excluding hydrogens is 304 g/mol. The third-order valence-corrected chi connectivity index (χ3v) is 3.95. The Labute approximate surface area is 140 Å². The molecule has 6 nitrogen and oxygen atoms in total. The van der Waals surface area contributed by atoms with E-state index in [1.165, 1.54) is 0 Å². The molecule has 0 bridgehead atoms. The maximum absolute atomic E-state index is 12.6. The van der Waals surface area contributed by atoms with Crippen LogP contribution in [0.3, 0.4) is 0 Å². The van der Waals surface area contributed by atoms with Crippen molar-refractivity contribution >= 4 is 11.6 Å². The minimum atomic E-state index is -0.148. The second-order valence-corrected chi connectivity index (χ2v) is 5.68.